The molecular weight excluding hydrogens is 242 g/mol. The number of aliphatic hydroxyl groups excluding tert-OH is 1. The first-order valence-electron chi connectivity index (χ1n) is 7.02. The molecule has 0 saturated heterocycles. The van der Waals surface area contributed by atoms with E-state index in [2.05, 4.69) is 5.32 Å². The number of hydrogen-bond acceptors (Lipinski definition) is 4. The molecule has 1 aliphatic rings. The minimum absolute atomic E-state index is 0.106. The number of benzene rings is 1. The first-order chi connectivity index (χ1) is 9.19. The largest absolute Gasteiger partial charge is 0.504 e. The number of nitrogens with one attached hydrogen (secondary N) is 1. The molecule has 1 aromatic rings. The Morgan fingerprint density at radius 2 is 2.21 bits per heavy atom. The number of aliphatic hydroxyl groups is 1. The molecule has 1 fully saturated rings. The number of hydrogen-bond donors (Lipinski definition) is 3. The lowest BCUT2D eigenvalue weighted by atomic mass is 10.1. The van der Waals surface area contributed by atoms with Gasteiger partial charge in [-0.2, -0.15) is 0 Å². The second-order valence-electron chi connectivity index (χ2n) is 5.20. The average molecular weight is 265 g/mol. The summed E-state index contributed by atoms with van der Waals surface area (Å²) < 4.78 is 5.36. The van der Waals surface area contributed by atoms with Crippen molar-refractivity contribution in [2.45, 2.75) is 38.8 Å². The molecule has 2 unspecified atom stereocenters. The van der Waals surface area contributed by atoms with Gasteiger partial charge in [-0.1, -0.05) is 6.07 Å². The zero-order chi connectivity index (χ0) is 13.7. The van der Waals surface area contributed by atoms with Gasteiger partial charge >= 0.3 is 0 Å². The summed E-state index contributed by atoms with van der Waals surface area (Å²) in [6, 6.07) is 5.44. The van der Waals surface area contributed by atoms with Crippen LogP contribution in [0.2, 0.25) is 0 Å². The van der Waals surface area contributed by atoms with Crippen LogP contribution in [0.4, 0.5) is 0 Å². The van der Waals surface area contributed by atoms with E-state index in [4.69, 9.17) is 4.74 Å². The van der Waals surface area contributed by atoms with E-state index in [1.54, 1.807) is 6.07 Å². The van der Waals surface area contributed by atoms with Gasteiger partial charge in [0, 0.05) is 6.54 Å². The van der Waals surface area contributed by atoms with E-state index in [1.165, 1.54) is 0 Å². The molecular formula is C15H23NO3. The molecule has 0 bridgehead atoms. The lowest BCUT2D eigenvalue weighted by Gasteiger charge is -2.12. The molecule has 1 aromatic carbocycles. The van der Waals surface area contributed by atoms with Gasteiger partial charge in [0.15, 0.2) is 11.5 Å². The maximum Gasteiger partial charge on any atom is 0.161 e. The van der Waals surface area contributed by atoms with Crippen LogP contribution >= 0.6 is 0 Å². The minimum atomic E-state index is -0.106. The van der Waals surface area contributed by atoms with Crippen molar-refractivity contribution in [3.8, 4) is 11.5 Å². The van der Waals surface area contributed by atoms with Gasteiger partial charge in [-0.05, 0) is 56.3 Å². The van der Waals surface area contributed by atoms with Crippen molar-refractivity contribution in [2.24, 2.45) is 5.92 Å². The molecule has 4 heteroatoms. The number of phenolic OH excluding ortho intramolecular Hbond substituents is 1. The molecule has 0 aromatic heterocycles. The zero-order valence-electron chi connectivity index (χ0n) is 11.4. The van der Waals surface area contributed by atoms with Gasteiger partial charge in [-0.15, -0.1) is 0 Å². The van der Waals surface area contributed by atoms with Gasteiger partial charge in [0.05, 0.1) is 12.7 Å². The summed E-state index contributed by atoms with van der Waals surface area (Å²) in [6.45, 7) is 4.13. The van der Waals surface area contributed by atoms with Crippen LogP contribution in [0.3, 0.4) is 0 Å². The molecule has 1 aliphatic carbocycles. The average Bonchev–Trinajstić information content (AvgIpc) is 2.79. The fraction of sp³-hybridized carbons (Fsp3) is 0.600. The first kappa shape index (κ1) is 14.2. The fourth-order valence-corrected chi connectivity index (χ4v) is 2.59. The van der Waals surface area contributed by atoms with Gasteiger partial charge in [-0.3, -0.25) is 0 Å². The molecule has 2 rings (SSSR count). The lowest BCUT2D eigenvalue weighted by molar-refractivity contribution is 0.177. The molecule has 3 N–H and O–H groups in total. The monoisotopic (exact) mass is 265 g/mol. The van der Waals surface area contributed by atoms with Crippen molar-refractivity contribution < 1.29 is 14.9 Å². The Morgan fingerprint density at radius 3 is 2.89 bits per heavy atom. The van der Waals surface area contributed by atoms with E-state index in [0.29, 0.717) is 18.3 Å². The van der Waals surface area contributed by atoms with Crippen LogP contribution < -0.4 is 10.1 Å². The first-order valence-corrected chi connectivity index (χ1v) is 7.02. The summed E-state index contributed by atoms with van der Waals surface area (Å²) in [6.07, 6.45) is 2.84. The third-order valence-electron chi connectivity index (χ3n) is 3.60. The third kappa shape index (κ3) is 4.11. The van der Waals surface area contributed by atoms with E-state index in [1.807, 2.05) is 19.1 Å². The summed E-state index contributed by atoms with van der Waals surface area (Å²) in [5, 5.41) is 22.5. The van der Waals surface area contributed by atoms with E-state index in [-0.39, 0.29) is 11.9 Å². The van der Waals surface area contributed by atoms with Crippen molar-refractivity contribution in [2.75, 3.05) is 13.2 Å². The summed E-state index contributed by atoms with van der Waals surface area (Å²) >= 11 is 0. The maximum atomic E-state index is 9.62. The van der Waals surface area contributed by atoms with E-state index in [0.717, 1.165) is 37.9 Å². The Bertz CT molecular complexity index is 408. The SMILES string of the molecule is CCOc1cc(CNCC2CCC(O)C2)ccc1O. The topological polar surface area (TPSA) is 61.7 Å². The Hall–Kier alpha value is -1.26. The van der Waals surface area contributed by atoms with Gasteiger partial charge in [0.25, 0.3) is 0 Å². The van der Waals surface area contributed by atoms with E-state index < -0.39 is 0 Å². The highest BCUT2D eigenvalue weighted by molar-refractivity contribution is 5.41. The predicted octanol–water partition coefficient (Wildman–Crippen LogP) is 2.04. The van der Waals surface area contributed by atoms with Crippen LogP contribution in [-0.2, 0) is 6.54 Å². The van der Waals surface area contributed by atoms with Gasteiger partial charge in [0.1, 0.15) is 0 Å². The summed E-state index contributed by atoms with van der Waals surface area (Å²) in [5.41, 5.74) is 1.10. The predicted molar refractivity (Wildman–Crippen MR) is 74.3 cm³/mol. The van der Waals surface area contributed by atoms with Crippen molar-refractivity contribution in [3.05, 3.63) is 23.8 Å². The highest BCUT2D eigenvalue weighted by Gasteiger charge is 2.21. The van der Waals surface area contributed by atoms with E-state index >= 15 is 0 Å². The molecule has 0 amide bonds. The molecule has 1 saturated carbocycles. The number of ether oxygens (including phenoxy) is 1. The molecule has 0 radical (unpaired) electrons. The summed E-state index contributed by atoms with van der Waals surface area (Å²) in [5.74, 6) is 1.31. The van der Waals surface area contributed by atoms with Gasteiger partial charge in [-0.25, -0.2) is 0 Å². The number of phenols is 1. The molecule has 19 heavy (non-hydrogen) atoms. The summed E-state index contributed by atoms with van der Waals surface area (Å²) in [4.78, 5) is 0. The zero-order valence-corrected chi connectivity index (χ0v) is 11.4. The minimum Gasteiger partial charge on any atom is -0.504 e. The number of rotatable bonds is 6. The third-order valence-corrected chi connectivity index (χ3v) is 3.60. The molecule has 0 heterocycles. The van der Waals surface area contributed by atoms with Crippen LogP contribution in [0.5, 0.6) is 11.5 Å². The van der Waals surface area contributed by atoms with Crippen molar-refractivity contribution in [1.29, 1.82) is 0 Å². The van der Waals surface area contributed by atoms with Crippen molar-refractivity contribution >= 4 is 0 Å². The van der Waals surface area contributed by atoms with E-state index in [9.17, 15) is 10.2 Å². The van der Waals surface area contributed by atoms with Crippen LogP contribution in [0.15, 0.2) is 18.2 Å². The maximum absolute atomic E-state index is 9.62. The second-order valence-corrected chi connectivity index (χ2v) is 5.20. The Kier molecular flexibility index (Phi) is 5.05. The quantitative estimate of drug-likeness (QED) is 0.736. The number of aromatic hydroxyl groups is 1. The second kappa shape index (κ2) is 6.78. The fourth-order valence-electron chi connectivity index (χ4n) is 2.59. The highest BCUT2D eigenvalue weighted by atomic mass is 16.5. The van der Waals surface area contributed by atoms with Crippen LogP contribution in [0.25, 0.3) is 0 Å². The van der Waals surface area contributed by atoms with Crippen LogP contribution in [-0.4, -0.2) is 29.5 Å². The molecule has 4 nitrogen and oxygen atoms in total. The Labute approximate surface area is 114 Å². The smallest absolute Gasteiger partial charge is 0.161 e. The molecule has 0 aliphatic heterocycles. The lowest BCUT2D eigenvalue weighted by Crippen LogP contribution is -2.21. The molecule has 0 spiro atoms. The van der Waals surface area contributed by atoms with Crippen molar-refractivity contribution in [3.63, 3.8) is 0 Å². The van der Waals surface area contributed by atoms with Crippen LogP contribution in [0, 0.1) is 5.92 Å². The molecule has 2 atom stereocenters. The standard InChI is InChI=1S/C15H23NO3/c1-2-19-15-8-12(4-6-14(15)18)10-16-9-11-3-5-13(17)7-11/h4,6,8,11,13,16-18H,2-3,5,7,9-10H2,1H3. The Morgan fingerprint density at radius 1 is 1.37 bits per heavy atom. The highest BCUT2D eigenvalue weighted by Crippen LogP contribution is 2.27. The van der Waals surface area contributed by atoms with Gasteiger partial charge < -0.3 is 20.3 Å². The van der Waals surface area contributed by atoms with Gasteiger partial charge in [0.2, 0.25) is 0 Å². The normalized spacial score (nSPS) is 22.6. The Balaban J connectivity index is 1.80. The summed E-state index contributed by atoms with van der Waals surface area (Å²) in [7, 11) is 0. The van der Waals surface area contributed by atoms with Crippen molar-refractivity contribution in [1.82, 2.24) is 5.32 Å². The van der Waals surface area contributed by atoms with Crippen LogP contribution in [0.1, 0.15) is 31.7 Å². The molecule has 106 valence electrons.